The van der Waals surface area contributed by atoms with Gasteiger partial charge in [-0.1, -0.05) is 26.3 Å². The van der Waals surface area contributed by atoms with Gasteiger partial charge in [-0.3, -0.25) is 0 Å². The highest BCUT2D eigenvalue weighted by atomic mass is 16.3. The van der Waals surface area contributed by atoms with Crippen LogP contribution < -0.4 is 0 Å². The highest BCUT2D eigenvalue weighted by Gasteiger charge is 2.37. The van der Waals surface area contributed by atoms with Crippen molar-refractivity contribution in [2.75, 3.05) is 0 Å². The summed E-state index contributed by atoms with van der Waals surface area (Å²) in [6.07, 6.45) is 5.01. The second-order valence-electron chi connectivity index (χ2n) is 4.21. The fourth-order valence-corrected chi connectivity index (χ4v) is 2.15. The molecule has 1 fully saturated rings. The minimum atomic E-state index is -0.299. The highest BCUT2D eigenvalue weighted by Crippen LogP contribution is 2.44. The van der Waals surface area contributed by atoms with Crippen LogP contribution in [0.15, 0.2) is 12.7 Å². The lowest BCUT2D eigenvalue weighted by Gasteiger charge is -2.29. The maximum Gasteiger partial charge on any atom is 0.0751 e. The maximum absolute atomic E-state index is 9.58. The second-order valence-corrected chi connectivity index (χ2v) is 4.21. The Morgan fingerprint density at radius 2 is 2.27 bits per heavy atom. The molecule has 2 atom stereocenters. The third-order valence-electron chi connectivity index (χ3n) is 2.99. The van der Waals surface area contributed by atoms with E-state index in [9.17, 15) is 5.11 Å². The van der Waals surface area contributed by atoms with Crippen molar-refractivity contribution in [1.29, 1.82) is 0 Å². The zero-order valence-electron chi connectivity index (χ0n) is 7.51. The highest BCUT2D eigenvalue weighted by molar-refractivity contribution is 4.95. The van der Waals surface area contributed by atoms with Crippen LogP contribution in [-0.2, 0) is 0 Å². The van der Waals surface area contributed by atoms with Gasteiger partial charge in [0.1, 0.15) is 0 Å². The van der Waals surface area contributed by atoms with Crippen molar-refractivity contribution in [3.63, 3.8) is 0 Å². The molecule has 0 bridgehead atoms. The molecule has 0 saturated heterocycles. The average Bonchev–Trinajstić information content (AvgIpc) is 2.28. The first-order chi connectivity index (χ1) is 5.08. The first kappa shape index (κ1) is 8.79. The molecule has 1 N–H and O–H groups in total. The van der Waals surface area contributed by atoms with Crippen molar-refractivity contribution in [3.05, 3.63) is 12.7 Å². The monoisotopic (exact) mass is 154 g/mol. The smallest absolute Gasteiger partial charge is 0.0751 e. The van der Waals surface area contributed by atoms with E-state index in [1.54, 1.807) is 6.08 Å². The van der Waals surface area contributed by atoms with E-state index in [1.807, 2.05) is 0 Å². The van der Waals surface area contributed by atoms with Gasteiger partial charge < -0.3 is 5.11 Å². The Bertz CT molecular complexity index is 149. The number of aliphatic hydroxyl groups is 1. The van der Waals surface area contributed by atoms with Crippen LogP contribution in [0.4, 0.5) is 0 Å². The largest absolute Gasteiger partial charge is 0.389 e. The molecule has 11 heavy (non-hydrogen) atoms. The van der Waals surface area contributed by atoms with Gasteiger partial charge in [0.15, 0.2) is 0 Å². The molecular weight excluding hydrogens is 136 g/mol. The summed E-state index contributed by atoms with van der Waals surface area (Å²) < 4.78 is 0. The van der Waals surface area contributed by atoms with Crippen molar-refractivity contribution in [3.8, 4) is 0 Å². The van der Waals surface area contributed by atoms with E-state index in [-0.39, 0.29) is 6.10 Å². The van der Waals surface area contributed by atoms with Crippen LogP contribution in [-0.4, -0.2) is 11.2 Å². The van der Waals surface area contributed by atoms with Crippen LogP contribution in [0.25, 0.3) is 0 Å². The van der Waals surface area contributed by atoms with Crippen LogP contribution >= 0.6 is 0 Å². The molecule has 0 aromatic heterocycles. The number of hydrogen-bond donors (Lipinski definition) is 1. The van der Waals surface area contributed by atoms with E-state index < -0.39 is 0 Å². The second kappa shape index (κ2) is 2.98. The summed E-state index contributed by atoms with van der Waals surface area (Å²) in [5.41, 5.74) is 0.313. The van der Waals surface area contributed by atoms with Gasteiger partial charge in [-0.05, 0) is 24.2 Å². The molecule has 64 valence electrons. The molecule has 2 unspecified atom stereocenters. The summed E-state index contributed by atoms with van der Waals surface area (Å²) in [5.74, 6) is 0.431. The molecule has 0 spiro atoms. The molecule has 0 aromatic rings. The van der Waals surface area contributed by atoms with Gasteiger partial charge >= 0.3 is 0 Å². The predicted molar refractivity (Wildman–Crippen MR) is 47.3 cm³/mol. The van der Waals surface area contributed by atoms with E-state index in [4.69, 9.17) is 0 Å². The van der Waals surface area contributed by atoms with E-state index in [1.165, 1.54) is 12.8 Å². The minimum absolute atomic E-state index is 0.299. The minimum Gasteiger partial charge on any atom is -0.389 e. The molecule has 0 aromatic carbocycles. The average molecular weight is 154 g/mol. The van der Waals surface area contributed by atoms with Crippen LogP contribution in [0.5, 0.6) is 0 Å². The van der Waals surface area contributed by atoms with E-state index in [2.05, 4.69) is 20.4 Å². The van der Waals surface area contributed by atoms with E-state index >= 15 is 0 Å². The third kappa shape index (κ3) is 1.64. The molecule has 1 heteroatoms. The Labute approximate surface area is 69.1 Å². The Kier molecular flexibility index (Phi) is 2.38. The van der Waals surface area contributed by atoms with E-state index in [0.717, 1.165) is 6.42 Å². The van der Waals surface area contributed by atoms with Gasteiger partial charge in [-0.15, -0.1) is 6.58 Å². The number of rotatable bonds is 2. The Morgan fingerprint density at radius 1 is 1.64 bits per heavy atom. The van der Waals surface area contributed by atoms with Crippen LogP contribution in [0.2, 0.25) is 0 Å². The lowest BCUT2D eigenvalue weighted by Crippen LogP contribution is -2.27. The molecule has 0 aliphatic heterocycles. The normalized spacial score (nSPS) is 31.7. The third-order valence-corrected chi connectivity index (χ3v) is 2.99. The summed E-state index contributed by atoms with van der Waals surface area (Å²) in [6.45, 7) is 8.09. The van der Waals surface area contributed by atoms with Gasteiger partial charge in [-0.2, -0.15) is 0 Å². The van der Waals surface area contributed by atoms with Gasteiger partial charge in [0.2, 0.25) is 0 Å². The SMILES string of the molecule is C=CC(O)C1CCCC1(C)C. The maximum atomic E-state index is 9.58. The molecular formula is C10H18O. The molecule has 1 aliphatic carbocycles. The molecule has 1 aliphatic rings. The van der Waals surface area contributed by atoms with Crippen molar-refractivity contribution in [1.82, 2.24) is 0 Å². The summed E-state index contributed by atoms with van der Waals surface area (Å²) in [4.78, 5) is 0. The van der Waals surface area contributed by atoms with Crippen molar-refractivity contribution in [2.45, 2.75) is 39.2 Å². The fourth-order valence-electron chi connectivity index (χ4n) is 2.15. The van der Waals surface area contributed by atoms with Crippen molar-refractivity contribution in [2.24, 2.45) is 11.3 Å². The van der Waals surface area contributed by atoms with Gasteiger partial charge in [-0.25, -0.2) is 0 Å². The number of aliphatic hydroxyl groups excluding tert-OH is 1. The summed E-state index contributed by atoms with van der Waals surface area (Å²) in [6, 6.07) is 0. The molecule has 1 saturated carbocycles. The summed E-state index contributed by atoms with van der Waals surface area (Å²) in [7, 11) is 0. The fraction of sp³-hybridized carbons (Fsp3) is 0.800. The molecule has 0 amide bonds. The topological polar surface area (TPSA) is 20.2 Å². The van der Waals surface area contributed by atoms with Crippen molar-refractivity contribution >= 4 is 0 Å². The summed E-state index contributed by atoms with van der Waals surface area (Å²) in [5, 5.41) is 9.58. The summed E-state index contributed by atoms with van der Waals surface area (Å²) >= 11 is 0. The van der Waals surface area contributed by atoms with Gasteiger partial charge in [0, 0.05) is 0 Å². The number of hydrogen-bond acceptors (Lipinski definition) is 1. The molecule has 0 heterocycles. The van der Waals surface area contributed by atoms with Crippen LogP contribution in [0.3, 0.4) is 0 Å². The lowest BCUT2D eigenvalue weighted by molar-refractivity contribution is 0.0895. The standard InChI is InChI=1S/C10H18O/c1-4-9(11)8-6-5-7-10(8,2)3/h4,8-9,11H,1,5-7H2,2-3H3. The predicted octanol–water partition coefficient (Wildman–Crippen LogP) is 2.36. The molecule has 1 rings (SSSR count). The lowest BCUT2D eigenvalue weighted by atomic mass is 9.79. The zero-order chi connectivity index (χ0) is 8.48. The van der Waals surface area contributed by atoms with Gasteiger partial charge in [0.25, 0.3) is 0 Å². The molecule has 1 nitrogen and oxygen atoms in total. The molecule has 0 radical (unpaired) electrons. The Balaban J connectivity index is 2.64. The van der Waals surface area contributed by atoms with Gasteiger partial charge in [0.05, 0.1) is 6.10 Å². The zero-order valence-corrected chi connectivity index (χ0v) is 7.51. The first-order valence-electron chi connectivity index (χ1n) is 4.38. The quantitative estimate of drug-likeness (QED) is 0.605. The van der Waals surface area contributed by atoms with Crippen LogP contribution in [0, 0.1) is 11.3 Å². The van der Waals surface area contributed by atoms with Crippen LogP contribution in [0.1, 0.15) is 33.1 Å². The Morgan fingerprint density at radius 3 is 2.64 bits per heavy atom. The van der Waals surface area contributed by atoms with Crippen molar-refractivity contribution < 1.29 is 5.11 Å². The first-order valence-corrected chi connectivity index (χ1v) is 4.38. The van der Waals surface area contributed by atoms with E-state index in [0.29, 0.717) is 11.3 Å². The Hall–Kier alpha value is -0.300.